The van der Waals surface area contributed by atoms with Crippen molar-refractivity contribution in [1.29, 1.82) is 0 Å². The molecule has 160 valence electrons. The largest absolute Gasteiger partial charge is 0.497 e. The van der Waals surface area contributed by atoms with Gasteiger partial charge in [0.25, 0.3) is 17.5 Å². The number of ether oxygens (including phenoxy) is 2. The van der Waals surface area contributed by atoms with Crippen molar-refractivity contribution in [1.82, 2.24) is 9.88 Å². The second-order valence-electron chi connectivity index (χ2n) is 6.13. The summed E-state index contributed by atoms with van der Waals surface area (Å²) in [5, 5.41) is 12.9. The van der Waals surface area contributed by atoms with Crippen LogP contribution in [0.1, 0.15) is 10.4 Å². The van der Waals surface area contributed by atoms with E-state index in [0.29, 0.717) is 5.75 Å². The third kappa shape index (κ3) is 4.93. The van der Waals surface area contributed by atoms with Crippen molar-refractivity contribution in [2.24, 2.45) is 0 Å². The van der Waals surface area contributed by atoms with E-state index in [1.807, 2.05) is 0 Å². The molecule has 0 aliphatic carbocycles. The lowest BCUT2D eigenvalue weighted by molar-refractivity contribution is -0.384. The second-order valence-corrected chi connectivity index (χ2v) is 6.13. The fourth-order valence-electron chi connectivity index (χ4n) is 2.62. The molecule has 0 bridgehead atoms. The van der Waals surface area contributed by atoms with Crippen molar-refractivity contribution in [2.75, 3.05) is 13.7 Å². The number of non-ortho nitro benzene ring substituents is 1. The lowest BCUT2D eigenvalue weighted by Crippen LogP contribution is -2.34. The molecule has 0 aliphatic heterocycles. The minimum Gasteiger partial charge on any atom is -0.497 e. The molecule has 1 aromatic heterocycles. The number of imide groups is 1. The van der Waals surface area contributed by atoms with Crippen molar-refractivity contribution in [2.45, 2.75) is 6.54 Å². The molecule has 12 nitrogen and oxygen atoms in total. The number of fused-ring (bicyclic) bond motifs is 1. The summed E-state index contributed by atoms with van der Waals surface area (Å²) in [5.74, 6) is -2.90. The molecule has 31 heavy (non-hydrogen) atoms. The number of carbonyl (C=O) groups excluding carboxylic acids is 3. The predicted octanol–water partition coefficient (Wildman–Crippen LogP) is 1.01. The Kier molecular flexibility index (Phi) is 6.10. The number of hydrogen-bond donors (Lipinski definition) is 1. The molecule has 2 aromatic carbocycles. The van der Waals surface area contributed by atoms with Gasteiger partial charge in [-0.25, -0.2) is 4.79 Å². The molecule has 0 saturated heterocycles. The van der Waals surface area contributed by atoms with Crippen LogP contribution in [0, 0.1) is 10.1 Å². The Bertz CT molecular complexity index is 1220. The average molecular weight is 429 g/mol. The number of nitrogens with one attached hydrogen (secondary N) is 1. The van der Waals surface area contributed by atoms with Crippen molar-refractivity contribution >= 4 is 34.6 Å². The van der Waals surface area contributed by atoms with E-state index in [-0.39, 0.29) is 22.4 Å². The molecule has 0 fully saturated rings. The SMILES string of the molecule is COc1ccc(C(=O)NC(=O)COC(=O)Cn2c(=O)oc3cc([N+](=O)[O-])ccc32)cc1. The van der Waals surface area contributed by atoms with Crippen molar-refractivity contribution in [3.63, 3.8) is 0 Å². The summed E-state index contributed by atoms with van der Waals surface area (Å²) < 4.78 is 15.6. The number of methoxy groups -OCH3 is 1. The van der Waals surface area contributed by atoms with Gasteiger partial charge in [-0.15, -0.1) is 0 Å². The Morgan fingerprint density at radius 3 is 2.52 bits per heavy atom. The van der Waals surface area contributed by atoms with E-state index in [1.165, 1.54) is 25.3 Å². The number of nitro benzene ring substituents is 1. The number of carbonyl (C=O) groups is 3. The second kappa shape index (κ2) is 8.90. The first kappa shape index (κ1) is 21.2. The Labute approximate surface area is 173 Å². The molecule has 1 heterocycles. The van der Waals surface area contributed by atoms with Crippen LogP contribution in [0.3, 0.4) is 0 Å². The number of esters is 1. The first-order valence-electron chi connectivity index (χ1n) is 8.70. The molecular weight excluding hydrogens is 414 g/mol. The summed E-state index contributed by atoms with van der Waals surface area (Å²) in [7, 11) is 1.47. The number of oxazole rings is 1. The van der Waals surface area contributed by atoms with E-state index >= 15 is 0 Å². The van der Waals surface area contributed by atoms with Gasteiger partial charge in [-0.2, -0.15) is 0 Å². The third-order valence-electron chi connectivity index (χ3n) is 4.12. The molecular formula is C19H15N3O9. The van der Waals surface area contributed by atoms with Crippen molar-refractivity contribution < 1.29 is 33.2 Å². The molecule has 1 N–H and O–H groups in total. The normalized spacial score (nSPS) is 10.5. The minimum absolute atomic E-state index is 0.0742. The third-order valence-corrected chi connectivity index (χ3v) is 4.12. The highest BCUT2D eigenvalue weighted by Gasteiger charge is 2.18. The van der Waals surface area contributed by atoms with Crippen LogP contribution in [0.25, 0.3) is 11.1 Å². The summed E-state index contributed by atoms with van der Waals surface area (Å²) >= 11 is 0. The van der Waals surface area contributed by atoms with Gasteiger partial charge in [0.1, 0.15) is 12.3 Å². The molecule has 0 atom stereocenters. The zero-order valence-corrected chi connectivity index (χ0v) is 16.0. The lowest BCUT2D eigenvalue weighted by atomic mass is 10.2. The molecule has 0 saturated carbocycles. The monoisotopic (exact) mass is 429 g/mol. The molecule has 0 spiro atoms. The first-order valence-corrected chi connectivity index (χ1v) is 8.70. The first-order chi connectivity index (χ1) is 14.8. The summed E-state index contributed by atoms with van der Waals surface area (Å²) in [4.78, 5) is 57.9. The predicted molar refractivity (Wildman–Crippen MR) is 104 cm³/mol. The number of amides is 2. The van der Waals surface area contributed by atoms with Crippen LogP contribution in [0.5, 0.6) is 5.75 Å². The Morgan fingerprint density at radius 1 is 1.16 bits per heavy atom. The number of nitro groups is 1. The highest BCUT2D eigenvalue weighted by Crippen LogP contribution is 2.20. The molecule has 0 unspecified atom stereocenters. The van der Waals surface area contributed by atoms with Gasteiger partial charge < -0.3 is 13.9 Å². The van der Waals surface area contributed by atoms with E-state index < -0.39 is 41.6 Å². The number of aromatic nitrogens is 1. The van der Waals surface area contributed by atoms with Crippen LogP contribution in [0.2, 0.25) is 0 Å². The van der Waals surface area contributed by atoms with Gasteiger partial charge in [0.05, 0.1) is 23.6 Å². The minimum atomic E-state index is -0.949. The van der Waals surface area contributed by atoms with Crippen LogP contribution in [-0.2, 0) is 20.9 Å². The molecule has 3 aromatic rings. The molecule has 2 amide bonds. The Hall–Kier alpha value is -4.48. The molecule has 12 heteroatoms. The summed E-state index contributed by atoms with van der Waals surface area (Å²) in [6, 6.07) is 9.45. The summed E-state index contributed by atoms with van der Waals surface area (Å²) in [6.07, 6.45) is 0. The van der Waals surface area contributed by atoms with Crippen LogP contribution >= 0.6 is 0 Å². The Morgan fingerprint density at radius 2 is 1.87 bits per heavy atom. The maximum absolute atomic E-state index is 12.0. The zero-order valence-electron chi connectivity index (χ0n) is 16.0. The van der Waals surface area contributed by atoms with Gasteiger partial charge in [-0.05, 0) is 30.3 Å². The molecule has 3 rings (SSSR count). The van der Waals surface area contributed by atoms with Crippen molar-refractivity contribution in [3.8, 4) is 5.75 Å². The highest BCUT2D eigenvalue weighted by molar-refractivity contribution is 6.05. The van der Waals surface area contributed by atoms with E-state index in [2.05, 4.69) is 5.32 Å². The van der Waals surface area contributed by atoms with Crippen LogP contribution < -0.4 is 15.8 Å². The van der Waals surface area contributed by atoms with Gasteiger partial charge in [-0.3, -0.25) is 34.4 Å². The van der Waals surface area contributed by atoms with Gasteiger partial charge >= 0.3 is 11.7 Å². The maximum atomic E-state index is 12.0. The fourth-order valence-corrected chi connectivity index (χ4v) is 2.62. The summed E-state index contributed by atoms with van der Waals surface area (Å²) in [5.41, 5.74) is -0.0123. The van der Waals surface area contributed by atoms with Gasteiger partial charge in [0, 0.05) is 11.6 Å². The highest BCUT2D eigenvalue weighted by atomic mass is 16.6. The van der Waals surface area contributed by atoms with Crippen LogP contribution in [-0.4, -0.2) is 41.0 Å². The molecule has 0 radical (unpaired) electrons. The average Bonchev–Trinajstić information content (AvgIpc) is 3.06. The number of rotatable bonds is 7. The summed E-state index contributed by atoms with van der Waals surface area (Å²) in [6.45, 7) is -1.35. The van der Waals surface area contributed by atoms with Crippen LogP contribution in [0.15, 0.2) is 51.7 Å². The standard InChI is InChI=1S/C19H15N3O9/c1-29-13-5-2-11(3-6-13)18(25)20-16(23)10-30-17(24)9-21-14-7-4-12(22(27)28)8-15(14)31-19(21)26/h2-8H,9-10H2,1H3,(H,20,23,25). The topological polar surface area (TPSA) is 160 Å². The smallest absolute Gasteiger partial charge is 0.420 e. The molecule has 0 aliphatic rings. The quantitative estimate of drug-likeness (QED) is 0.328. The van der Waals surface area contributed by atoms with E-state index in [9.17, 15) is 29.3 Å². The maximum Gasteiger partial charge on any atom is 0.420 e. The van der Waals surface area contributed by atoms with Crippen LogP contribution in [0.4, 0.5) is 5.69 Å². The zero-order chi connectivity index (χ0) is 22.5. The Balaban J connectivity index is 1.57. The number of hydrogen-bond acceptors (Lipinski definition) is 9. The van der Waals surface area contributed by atoms with Crippen molar-refractivity contribution in [3.05, 3.63) is 68.7 Å². The van der Waals surface area contributed by atoms with Gasteiger partial charge in [0.15, 0.2) is 12.2 Å². The number of benzene rings is 2. The number of nitrogens with zero attached hydrogens (tertiary/aromatic N) is 2. The lowest BCUT2D eigenvalue weighted by Gasteiger charge is -2.07. The van der Waals surface area contributed by atoms with E-state index in [4.69, 9.17) is 13.9 Å². The fraction of sp³-hybridized carbons (Fsp3) is 0.158. The van der Waals surface area contributed by atoms with E-state index in [0.717, 1.165) is 16.7 Å². The van der Waals surface area contributed by atoms with Gasteiger partial charge in [0.2, 0.25) is 0 Å². The van der Waals surface area contributed by atoms with Gasteiger partial charge in [-0.1, -0.05) is 0 Å². The van der Waals surface area contributed by atoms with E-state index in [1.54, 1.807) is 12.1 Å².